The van der Waals surface area contributed by atoms with E-state index in [4.69, 9.17) is 0 Å². The highest BCUT2D eigenvalue weighted by Crippen LogP contribution is 2.28. The van der Waals surface area contributed by atoms with Crippen molar-refractivity contribution in [3.05, 3.63) is 12.3 Å². The maximum Gasteiger partial charge on any atom is 0.224 e. The second-order valence-corrected chi connectivity index (χ2v) is 4.64. The quantitative estimate of drug-likeness (QED) is 0.802. The molecule has 5 heteroatoms. The van der Waals surface area contributed by atoms with Gasteiger partial charge in [-0.1, -0.05) is 0 Å². The van der Waals surface area contributed by atoms with Crippen LogP contribution in [0.4, 0.5) is 11.8 Å². The van der Waals surface area contributed by atoms with Crippen LogP contribution in [-0.4, -0.2) is 41.3 Å². The molecule has 1 aromatic rings. The van der Waals surface area contributed by atoms with Gasteiger partial charge in [-0.05, 0) is 31.7 Å². The molecule has 1 saturated carbocycles. The third kappa shape index (κ3) is 3.06. The molecule has 0 spiro atoms. The van der Waals surface area contributed by atoms with Gasteiger partial charge in [0.15, 0.2) is 0 Å². The Morgan fingerprint density at radius 1 is 1.53 bits per heavy atom. The lowest BCUT2D eigenvalue weighted by Crippen LogP contribution is -2.37. The van der Waals surface area contributed by atoms with Crippen LogP contribution in [0, 0.1) is 5.92 Å². The Balaban J connectivity index is 1.93. The molecule has 0 radical (unpaired) electrons. The number of aliphatic hydroxyl groups is 1. The van der Waals surface area contributed by atoms with Gasteiger partial charge in [0.2, 0.25) is 5.95 Å². The summed E-state index contributed by atoms with van der Waals surface area (Å²) in [5.41, 5.74) is 0. The lowest BCUT2D eigenvalue weighted by atomic mass is 9.82. The van der Waals surface area contributed by atoms with Crippen molar-refractivity contribution in [1.29, 1.82) is 0 Å². The Labute approximate surface area is 102 Å². The monoisotopic (exact) mass is 236 g/mol. The smallest absolute Gasteiger partial charge is 0.224 e. The molecule has 2 N–H and O–H groups in total. The van der Waals surface area contributed by atoms with Crippen molar-refractivity contribution in [3.63, 3.8) is 0 Å². The third-order valence-electron chi connectivity index (χ3n) is 3.11. The molecule has 1 heterocycles. The molecule has 0 unspecified atom stereocenters. The maximum absolute atomic E-state index is 9.26. The van der Waals surface area contributed by atoms with Crippen LogP contribution in [0.3, 0.4) is 0 Å². The van der Waals surface area contributed by atoms with Gasteiger partial charge in [0.05, 0.1) is 6.10 Å². The number of hydrogen-bond acceptors (Lipinski definition) is 5. The molecule has 1 aliphatic carbocycles. The van der Waals surface area contributed by atoms with E-state index in [0.29, 0.717) is 11.9 Å². The minimum atomic E-state index is -0.0869. The fraction of sp³-hybridized carbons (Fsp3) is 0.667. The molecule has 5 nitrogen and oxygen atoms in total. The van der Waals surface area contributed by atoms with E-state index in [9.17, 15) is 5.11 Å². The van der Waals surface area contributed by atoms with Gasteiger partial charge in [0, 0.05) is 26.3 Å². The van der Waals surface area contributed by atoms with E-state index >= 15 is 0 Å². The molecule has 0 aromatic carbocycles. The first-order chi connectivity index (χ1) is 8.19. The van der Waals surface area contributed by atoms with E-state index in [-0.39, 0.29) is 6.10 Å². The summed E-state index contributed by atoms with van der Waals surface area (Å²) in [5.74, 6) is 2.19. The van der Waals surface area contributed by atoms with E-state index in [0.717, 1.165) is 31.7 Å². The first-order valence-corrected chi connectivity index (χ1v) is 6.15. The van der Waals surface area contributed by atoms with Gasteiger partial charge >= 0.3 is 0 Å². The highest BCUT2D eigenvalue weighted by Gasteiger charge is 2.28. The summed E-state index contributed by atoms with van der Waals surface area (Å²) in [6.07, 6.45) is 3.51. The standard InChI is InChI=1S/C12H20N4O/c1-3-13-12-14-5-4-11(15-12)16(2)8-9-6-10(17)7-9/h4-5,9-10,17H,3,6-8H2,1-2H3,(H,13,14,15). The molecule has 0 bridgehead atoms. The molecule has 1 fully saturated rings. The number of aliphatic hydroxyl groups excluding tert-OH is 1. The van der Waals surface area contributed by atoms with Gasteiger partial charge in [-0.15, -0.1) is 0 Å². The van der Waals surface area contributed by atoms with E-state index in [1.165, 1.54) is 0 Å². The van der Waals surface area contributed by atoms with Crippen molar-refractivity contribution in [3.8, 4) is 0 Å². The van der Waals surface area contributed by atoms with Gasteiger partial charge in [0.1, 0.15) is 5.82 Å². The van der Waals surface area contributed by atoms with Crippen molar-refractivity contribution >= 4 is 11.8 Å². The number of hydrogen-bond donors (Lipinski definition) is 2. The molecule has 1 aromatic heterocycles. The van der Waals surface area contributed by atoms with Crippen molar-refractivity contribution in [2.75, 3.05) is 30.4 Å². The number of rotatable bonds is 5. The lowest BCUT2D eigenvalue weighted by molar-refractivity contribution is 0.0464. The molecule has 94 valence electrons. The SMILES string of the molecule is CCNc1nccc(N(C)CC2CC(O)C2)n1. The average Bonchev–Trinajstić information content (AvgIpc) is 2.28. The van der Waals surface area contributed by atoms with Crippen LogP contribution in [0.15, 0.2) is 12.3 Å². The zero-order chi connectivity index (χ0) is 12.3. The second kappa shape index (κ2) is 5.31. The van der Waals surface area contributed by atoms with Crippen LogP contribution in [0.2, 0.25) is 0 Å². The Kier molecular flexibility index (Phi) is 3.78. The maximum atomic E-state index is 9.26. The number of aromatic nitrogens is 2. The van der Waals surface area contributed by atoms with Crippen molar-refractivity contribution in [2.24, 2.45) is 5.92 Å². The van der Waals surface area contributed by atoms with Crippen LogP contribution >= 0.6 is 0 Å². The zero-order valence-electron chi connectivity index (χ0n) is 10.4. The minimum Gasteiger partial charge on any atom is -0.393 e. The summed E-state index contributed by atoms with van der Waals surface area (Å²) in [5, 5.41) is 12.4. The summed E-state index contributed by atoms with van der Waals surface area (Å²) in [7, 11) is 2.03. The van der Waals surface area contributed by atoms with Gasteiger partial charge in [0.25, 0.3) is 0 Å². The normalized spacial score (nSPS) is 23.0. The Morgan fingerprint density at radius 2 is 2.29 bits per heavy atom. The number of nitrogens with one attached hydrogen (secondary N) is 1. The Bertz CT molecular complexity index is 365. The van der Waals surface area contributed by atoms with Gasteiger partial charge in [-0.3, -0.25) is 0 Å². The van der Waals surface area contributed by atoms with Gasteiger partial charge in [-0.25, -0.2) is 4.98 Å². The van der Waals surface area contributed by atoms with E-state index in [2.05, 4.69) is 20.2 Å². The van der Waals surface area contributed by atoms with E-state index in [1.807, 2.05) is 20.0 Å². The van der Waals surface area contributed by atoms with Crippen LogP contribution in [0.5, 0.6) is 0 Å². The largest absolute Gasteiger partial charge is 0.393 e. The molecule has 0 atom stereocenters. The second-order valence-electron chi connectivity index (χ2n) is 4.64. The first kappa shape index (κ1) is 12.1. The predicted molar refractivity (Wildman–Crippen MR) is 68.2 cm³/mol. The molecular weight excluding hydrogens is 216 g/mol. The summed E-state index contributed by atoms with van der Waals surface area (Å²) >= 11 is 0. The van der Waals surface area contributed by atoms with Crippen molar-refractivity contribution in [2.45, 2.75) is 25.9 Å². The van der Waals surface area contributed by atoms with Gasteiger partial charge in [-0.2, -0.15) is 4.98 Å². The Hall–Kier alpha value is -1.36. The highest BCUT2D eigenvalue weighted by atomic mass is 16.3. The fourth-order valence-corrected chi connectivity index (χ4v) is 2.14. The van der Waals surface area contributed by atoms with Crippen LogP contribution < -0.4 is 10.2 Å². The number of anilines is 2. The topological polar surface area (TPSA) is 61.3 Å². The van der Waals surface area contributed by atoms with Crippen LogP contribution in [0.25, 0.3) is 0 Å². The summed E-state index contributed by atoms with van der Waals surface area (Å²) in [4.78, 5) is 10.7. The molecular formula is C12H20N4O. The van der Waals surface area contributed by atoms with Crippen molar-refractivity contribution < 1.29 is 5.11 Å². The number of nitrogens with zero attached hydrogens (tertiary/aromatic N) is 3. The summed E-state index contributed by atoms with van der Waals surface area (Å²) < 4.78 is 0. The van der Waals surface area contributed by atoms with Gasteiger partial charge < -0.3 is 15.3 Å². The summed E-state index contributed by atoms with van der Waals surface area (Å²) in [6, 6.07) is 1.91. The molecule has 17 heavy (non-hydrogen) atoms. The molecule has 2 rings (SSSR count). The average molecular weight is 236 g/mol. The van der Waals surface area contributed by atoms with E-state index < -0.39 is 0 Å². The zero-order valence-corrected chi connectivity index (χ0v) is 10.4. The fourth-order valence-electron chi connectivity index (χ4n) is 2.14. The predicted octanol–water partition coefficient (Wildman–Crippen LogP) is 1.12. The molecule has 0 aliphatic heterocycles. The van der Waals surface area contributed by atoms with Crippen LogP contribution in [0.1, 0.15) is 19.8 Å². The minimum absolute atomic E-state index is 0.0869. The highest BCUT2D eigenvalue weighted by molar-refractivity contribution is 5.41. The molecule has 0 amide bonds. The van der Waals surface area contributed by atoms with Crippen molar-refractivity contribution in [1.82, 2.24) is 9.97 Å². The van der Waals surface area contributed by atoms with E-state index in [1.54, 1.807) is 6.20 Å². The third-order valence-corrected chi connectivity index (χ3v) is 3.11. The first-order valence-electron chi connectivity index (χ1n) is 6.15. The molecule has 1 aliphatic rings. The van der Waals surface area contributed by atoms with Crippen LogP contribution in [-0.2, 0) is 0 Å². The Morgan fingerprint density at radius 3 is 2.94 bits per heavy atom. The molecule has 0 saturated heterocycles. The lowest BCUT2D eigenvalue weighted by Gasteiger charge is -2.34. The summed E-state index contributed by atoms with van der Waals surface area (Å²) in [6.45, 7) is 3.79.